The fraction of sp³-hybridized carbons (Fsp3) is 0.562. The average Bonchev–Trinajstić information content (AvgIpc) is 2.49. The fourth-order valence-electron chi connectivity index (χ4n) is 2.97. The summed E-state index contributed by atoms with van der Waals surface area (Å²) >= 11 is 0. The van der Waals surface area contributed by atoms with Crippen molar-refractivity contribution in [3.05, 3.63) is 23.3 Å². The predicted molar refractivity (Wildman–Crippen MR) is 99.3 cm³/mol. The molecule has 0 bridgehead atoms. The van der Waals surface area contributed by atoms with Gasteiger partial charge in [0.2, 0.25) is 20.0 Å². The van der Waals surface area contributed by atoms with Gasteiger partial charge < -0.3 is 5.32 Å². The minimum atomic E-state index is -4.07. The average molecular weight is 389 g/mol. The Balaban J connectivity index is 2.68. The summed E-state index contributed by atoms with van der Waals surface area (Å²) in [6.07, 6.45) is 5.11. The third kappa shape index (κ3) is 4.52. The maximum Gasteiger partial charge on any atom is 0.245 e. The number of rotatable bonds is 7. The first-order chi connectivity index (χ1) is 11.6. The van der Waals surface area contributed by atoms with Gasteiger partial charge in [-0.3, -0.25) is 4.79 Å². The number of sulfonamides is 2. The third-order valence-electron chi connectivity index (χ3n) is 4.00. The van der Waals surface area contributed by atoms with Gasteiger partial charge in [0.15, 0.2) is 5.78 Å². The molecular formula is C16H24N2O5S2. The smallest absolute Gasteiger partial charge is 0.245 e. The first-order valence-corrected chi connectivity index (χ1v) is 11.9. The number of ketones is 1. The number of carbonyl (C=O) groups is 1. The zero-order valence-electron chi connectivity index (χ0n) is 14.7. The van der Waals surface area contributed by atoms with Crippen molar-refractivity contribution < 1.29 is 21.6 Å². The van der Waals surface area contributed by atoms with Crippen molar-refractivity contribution in [3.63, 3.8) is 0 Å². The summed E-state index contributed by atoms with van der Waals surface area (Å²) in [6, 6.07) is 3.11. The molecule has 1 N–H and O–H groups in total. The molecule has 0 fully saturated rings. The molecule has 0 aromatic heterocycles. The number of benzene rings is 1. The number of hydrogen-bond acceptors (Lipinski definition) is 6. The topological polar surface area (TPSA) is 101 Å². The molecular weight excluding hydrogens is 364 g/mol. The Kier molecular flexibility index (Phi) is 5.78. The van der Waals surface area contributed by atoms with E-state index in [1.165, 1.54) is 6.07 Å². The van der Waals surface area contributed by atoms with Gasteiger partial charge in [-0.2, -0.15) is 3.71 Å². The lowest BCUT2D eigenvalue weighted by atomic mass is 9.96. The number of anilines is 2. The molecule has 0 radical (unpaired) electrons. The monoisotopic (exact) mass is 388 g/mol. The highest BCUT2D eigenvalue weighted by molar-refractivity contribution is 8.09. The second-order valence-electron chi connectivity index (χ2n) is 6.31. The van der Waals surface area contributed by atoms with Crippen LogP contribution < -0.4 is 9.03 Å². The normalized spacial score (nSPS) is 14.5. The maximum absolute atomic E-state index is 12.4. The van der Waals surface area contributed by atoms with Crippen LogP contribution in [-0.4, -0.2) is 41.7 Å². The minimum absolute atomic E-state index is 0.00190. The van der Waals surface area contributed by atoms with Crippen LogP contribution in [0.15, 0.2) is 12.1 Å². The van der Waals surface area contributed by atoms with Crippen molar-refractivity contribution in [3.8, 4) is 0 Å². The number of fused-ring (bicyclic) bond motifs is 1. The molecule has 1 heterocycles. The van der Waals surface area contributed by atoms with Crippen LogP contribution in [0.1, 0.15) is 48.5 Å². The van der Waals surface area contributed by atoms with E-state index in [0.717, 1.165) is 37.3 Å². The number of carbonyl (C=O) groups excluding carboxylic acids is 1. The zero-order valence-corrected chi connectivity index (χ0v) is 16.3. The molecule has 9 heteroatoms. The van der Waals surface area contributed by atoms with Crippen molar-refractivity contribution in [2.45, 2.75) is 39.0 Å². The molecule has 1 aromatic rings. The summed E-state index contributed by atoms with van der Waals surface area (Å²) in [5, 5.41) is 3.08. The summed E-state index contributed by atoms with van der Waals surface area (Å²) in [5.41, 5.74) is 1.58. The van der Waals surface area contributed by atoms with E-state index in [1.807, 2.05) is 6.92 Å². The molecule has 7 nitrogen and oxygen atoms in total. The highest BCUT2D eigenvalue weighted by atomic mass is 32.3. The van der Waals surface area contributed by atoms with Gasteiger partial charge in [0.25, 0.3) is 0 Å². The van der Waals surface area contributed by atoms with Crippen LogP contribution in [0.2, 0.25) is 0 Å². The maximum atomic E-state index is 12.4. The lowest BCUT2D eigenvalue weighted by Gasteiger charge is -2.28. The number of nitrogens with zero attached hydrogens (tertiary/aromatic N) is 1. The molecule has 0 saturated heterocycles. The standard InChI is InChI=1S/C16H24N2O5S2/c1-4-5-8-15(19)13-10-12-7-6-9-17-16(12)14(11-13)18(24(2,20)21)25(3,22)23/h10-11,17H,4-9H2,1-3H3. The predicted octanol–water partition coefficient (Wildman–Crippen LogP) is 2.14. The van der Waals surface area contributed by atoms with E-state index in [1.54, 1.807) is 6.07 Å². The second kappa shape index (κ2) is 7.33. The summed E-state index contributed by atoms with van der Waals surface area (Å²) < 4.78 is 49.0. The largest absolute Gasteiger partial charge is 0.383 e. The Bertz CT molecular complexity index is 844. The molecule has 2 rings (SSSR count). The van der Waals surface area contributed by atoms with E-state index in [9.17, 15) is 21.6 Å². The molecule has 0 amide bonds. The number of unbranched alkanes of at least 4 members (excludes halogenated alkanes) is 1. The van der Waals surface area contributed by atoms with Crippen LogP contribution in [-0.2, 0) is 26.5 Å². The van der Waals surface area contributed by atoms with Crippen molar-refractivity contribution >= 4 is 37.2 Å². The Labute approximate surface area is 149 Å². The summed E-state index contributed by atoms with van der Waals surface area (Å²) in [6.45, 7) is 2.59. The van der Waals surface area contributed by atoms with Crippen LogP contribution in [0.5, 0.6) is 0 Å². The SMILES string of the molecule is CCCCC(=O)c1cc2c(c(N(S(C)(=O)=O)S(C)(=O)=O)c1)NCCC2. The third-order valence-corrected chi connectivity index (χ3v) is 7.23. The van der Waals surface area contributed by atoms with Gasteiger partial charge >= 0.3 is 0 Å². The molecule has 0 saturated carbocycles. The number of hydrogen-bond donors (Lipinski definition) is 1. The number of nitrogens with one attached hydrogen (secondary N) is 1. The van der Waals surface area contributed by atoms with Crippen molar-refractivity contribution in [2.24, 2.45) is 0 Å². The number of aryl methyl sites for hydroxylation is 1. The van der Waals surface area contributed by atoms with Gasteiger partial charge in [-0.25, -0.2) is 16.8 Å². The van der Waals surface area contributed by atoms with E-state index in [4.69, 9.17) is 0 Å². The highest BCUT2D eigenvalue weighted by Crippen LogP contribution is 2.37. The van der Waals surface area contributed by atoms with Gasteiger partial charge in [0, 0.05) is 18.5 Å². The molecule has 140 valence electrons. The molecule has 0 spiro atoms. The first kappa shape index (κ1) is 19.7. The van der Waals surface area contributed by atoms with Crippen molar-refractivity contribution in [1.29, 1.82) is 0 Å². The quantitative estimate of drug-likeness (QED) is 0.718. The number of Topliss-reactive ketones (excluding diaryl/α,β-unsaturated/α-hetero) is 1. The van der Waals surface area contributed by atoms with Gasteiger partial charge in [-0.05, 0) is 37.0 Å². The fourth-order valence-corrected chi connectivity index (χ4v) is 5.94. The molecule has 1 aliphatic heterocycles. The van der Waals surface area contributed by atoms with E-state index in [-0.39, 0.29) is 11.5 Å². The Morgan fingerprint density at radius 2 is 1.80 bits per heavy atom. The van der Waals surface area contributed by atoms with Crippen LogP contribution in [0.4, 0.5) is 11.4 Å². The van der Waals surface area contributed by atoms with Gasteiger partial charge in [0.05, 0.1) is 23.9 Å². The van der Waals surface area contributed by atoms with E-state index in [2.05, 4.69) is 5.32 Å². The molecule has 1 aliphatic rings. The summed E-state index contributed by atoms with van der Waals surface area (Å²) in [4.78, 5) is 12.4. The van der Waals surface area contributed by atoms with Gasteiger partial charge in [0.1, 0.15) is 0 Å². The summed E-state index contributed by atoms with van der Waals surface area (Å²) in [7, 11) is -8.15. The molecule has 1 aromatic carbocycles. The van der Waals surface area contributed by atoms with Gasteiger partial charge in [-0.15, -0.1) is 0 Å². The molecule has 0 aliphatic carbocycles. The highest BCUT2D eigenvalue weighted by Gasteiger charge is 2.32. The Morgan fingerprint density at radius 3 is 2.36 bits per heavy atom. The molecule has 0 unspecified atom stereocenters. The molecule has 25 heavy (non-hydrogen) atoms. The van der Waals surface area contributed by atoms with Crippen LogP contribution in [0, 0.1) is 0 Å². The lowest BCUT2D eigenvalue weighted by molar-refractivity contribution is 0.0979. The Hall–Kier alpha value is -1.61. The van der Waals surface area contributed by atoms with E-state index < -0.39 is 20.0 Å². The van der Waals surface area contributed by atoms with Crippen molar-refractivity contribution in [2.75, 3.05) is 28.1 Å². The summed E-state index contributed by atoms with van der Waals surface area (Å²) in [5.74, 6) is -0.113. The zero-order chi connectivity index (χ0) is 18.8. The Morgan fingerprint density at radius 1 is 1.16 bits per heavy atom. The van der Waals surface area contributed by atoms with Crippen LogP contribution in [0.25, 0.3) is 0 Å². The molecule has 0 atom stereocenters. The van der Waals surface area contributed by atoms with Crippen LogP contribution >= 0.6 is 0 Å². The van der Waals surface area contributed by atoms with Crippen molar-refractivity contribution in [1.82, 2.24) is 0 Å². The van der Waals surface area contributed by atoms with E-state index in [0.29, 0.717) is 34.3 Å². The van der Waals surface area contributed by atoms with Crippen LogP contribution in [0.3, 0.4) is 0 Å². The van der Waals surface area contributed by atoms with E-state index >= 15 is 0 Å². The lowest BCUT2D eigenvalue weighted by Crippen LogP contribution is -2.36. The first-order valence-electron chi connectivity index (χ1n) is 8.20. The minimum Gasteiger partial charge on any atom is -0.383 e. The van der Waals surface area contributed by atoms with Gasteiger partial charge in [-0.1, -0.05) is 13.3 Å². The second-order valence-corrected chi connectivity index (χ2v) is 10.2.